The molecule has 0 bridgehead atoms. The number of aliphatic hydroxyl groups is 1. The van der Waals surface area contributed by atoms with E-state index in [2.05, 4.69) is 15.1 Å². The minimum atomic E-state index is -0.839. The van der Waals surface area contributed by atoms with E-state index in [1.807, 2.05) is 6.92 Å². The van der Waals surface area contributed by atoms with Gasteiger partial charge in [0.05, 0.1) is 13.3 Å². The molecule has 0 saturated carbocycles. The molecule has 2 heterocycles. The van der Waals surface area contributed by atoms with E-state index in [-0.39, 0.29) is 0 Å². The monoisotopic (exact) mass is 234 g/mol. The summed E-state index contributed by atoms with van der Waals surface area (Å²) in [5.41, 5.74) is 1.23. The number of ether oxygens (including phenoxy) is 1. The van der Waals surface area contributed by atoms with E-state index in [1.165, 1.54) is 6.33 Å². The molecule has 2 aromatic heterocycles. The van der Waals surface area contributed by atoms with Gasteiger partial charge in [-0.3, -0.25) is 4.68 Å². The van der Waals surface area contributed by atoms with Crippen LogP contribution in [0, 0.1) is 0 Å². The van der Waals surface area contributed by atoms with Crippen molar-refractivity contribution < 1.29 is 9.84 Å². The van der Waals surface area contributed by atoms with Crippen molar-refractivity contribution in [2.24, 2.45) is 0 Å². The Morgan fingerprint density at radius 1 is 1.35 bits per heavy atom. The first-order chi connectivity index (χ1) is 8.27. The van der Waals surface area contributed by atoms with Crippen LogP contribution in [-0.2, 0) is 6.54 Å². The minimum Gasteiger partial charge on any atom is -0.493 e. The molecule has 6 nitrogen and oxygen atoms in total. The van der Waals surface area contributed by atoms with Gasteiger partial charge in [0, 0.05) is 24.5 Å². The zero-order chi connectivity index (χ0) is 12.3. The molecule has 2 aromatic rings. The second-order valence-corrected chi connectivity index (χ2v) is 3.49. The summed E-state index contributed by atoms with van der Waals surface area (Å²) >= 11 is 0. The molecule has 0 aliphatic heterocycles. The average molecular weight is 234 g/mol. The topological polar surface area (TPSA) is 73.1 Å². The van der Waals surface area contributed by atoms with Crippen molar-refractivity contribution in [2.45, 2.75) is 19.6 Å². The van der Waals surface area contributed by atoms with Crippen molar-refractivity contribution in [1.82, 2.24) is 19.7 Å². The van der Waals surface area contributed by atoms with Crippen LogP contribution in [0.15, 0.2) is 24.9 Å². The molecule has 2 rings (SSSR count). The molecule has 0 amide bonds. The van der Waals surface area contributed by atoms with Crippen molar-refractivity contribution in [1.29, 1.82) is 0 Å². The first kappa shape index (κ1) is 11.5. The molecule has 1 atom stereocenters. The summed E-state index contributed by atoms with van der Waals surface area (Å²) in [7, 11) is 1.55. The number of aromatic nitrogens is 4. The Kier molecular flexibility index (Phi) is 3.34. The predicted octanol–water partition coefficient (Wildman–Crippen LogP) is 0.783. The Labute approximate surface area is 98.9 Å². The van der Waals surface area contributed by atoms with E-state index in [0.29, 0.717) is 23.6 Å². The molecule has 0 radical (unpaired) electrons. The lowest BCUT2D eigenvalue weighted by molar-refractivity contribution is 0.201. The van der Waals surface area contributed by atoms with Crippen molar-refractivity contribution >= 4 is 0 Å². The van der Waals surface area contributed by atoms with Crippen LogP contribution in [0.3, 0.4) is 0 Å². The van der Waals surface area contributed by atoms with Crippen molar-refractivity contribution in [3.05, 3.63) is 36.2 Å². The number of rotatable bonds is 4. The summed E-state index contributed by atoms with van der Waals surface area (Å²) < 4.78 is 6.88. The van der Waals surface area contributed by atoms with Crippen molar-refractivity contribution in [3.63, 3.8) is 0 Å². The van der Waals surface area contributed by atoms with Crippen LogP contribution < -0.4 is 4.74 Å². The van der Waals surface area contributed by atoms with Crippen molar-refractivity contribution in [2.75, 3.05) is 7.11 Å². The average Bonchev–Trinajstić information content (AvgIpc) is 2.81. The SMILES string of the molecule is CCn1ncc(OC)c1C(O)c1cncnc1. The molecule has 90 valence electrons. The van der Waals surface area contributed by atoms with Gasteiger partial charge in [-0.25, -0.2) is 9.97 Å². The fourth-order valence-corrected chi connectivity index (χ4v) is 1.67. The second kappa shape index (κ2) is 4.92. The second-order valence-electron chi connectivity index (χ2n) is 3.49. The van der Waals surface area contributed by atoms with E-state index >= 15 is 0 Å². The maximum atomic E-state index is 10.3. The fraction of sp³-hybridized carbons (Fsp3) is 0.364. The zero-order valence-electron chi connectivity index (χ0n) is 9.74. The van der Waals surface area contributed by atoms with Gasteiger partial charge in [0.15, 0.2) is 5.75 Å². The third kappa shape index (κ3) is 2.12. The standard InChI is InChI=1S/C11H14N4O2/c1-3-15-10(9(17-2)6-14-15)11(16)8-4-12-7-13-5-8/h4-7,11,16H,3H2,1-2H3. The molecule has 1 N–H and O–H groups in total. The van der Waals surface area contributed by atoms with Gasteiger partial charge in [-0.1, -0.05) is 0 Å². The van der Waals surface area contributed by atoms with Gasteiger partial charge in [-0.15, -0.1) is 0 Å². The summed E-state index contributed by atoms with van der Waals surface area (Å²) in [5, 5.41) is 14.4. The van der Waals surface area contributed by atoms with Crippen LogP contribution in [-0.4, -0.2) is 32.0 Å². The number of hydrogen-bond donors (Lipinski definition) is 1. The summed E-state index contributed by atoms with van der Waals surface area (Å²) in [6.45, 7) is 2.60. The lowest BCUT2D eigenvalue weighted by atomic mass is 10.1. The summed E-state index contributed by atoms with van der Waals surface area (Å²) in [6.07, 6.45) is 5.32. The molecule has 0 aliphatic rings. The van der Waals surface area contributed by atoms with E-state index in [9.17, 15) is 5.11 Å². The summed E-state index contributed by atoms with van der Waals surface area (Å²) in [6, 6.07) is 0. The molecule has 1 unspecified atom stereocenters. The molecular formula is C11H14N4O2. The fourth-order valence-electron chi connectivity index (χ4n) is 1.67. The van der Waals surface area contributed by atoms with Gasteiger partial charge in [-0.05, 0) is 6.92 Å². The van der Waals surface area contributed by atoms with Gasteiger partial charge in [0.1, 0.15) is 18.1 Å². The van der Waals surface area contributed by atoms with Crippen LogP contribution >= 0.6 is 0 Å². The van der Waals surface area contributed by atoms with Gasteiger partial charge in [0.2, 0.25) is 0 Å². The van der Waals surface area contributed by atoms with Gasteiger partial charge in [-0.2, -0.15) is 5.10 Å². The van der Waals surface area contributed by atoms with Crippen molar-refractivity contribution in [3.8, 4) is 5.75 Å². The molecular weight excluding hydrogens is 220 g/mol. The molecule has 0 aliphatic carbocycles. The molecule has 0 spiro atoms. The van der Waals surface area contributed by atoms with E-state index in [1.54, 1.807) is 30.4 Å². The Bertz CT molecular complexity index is 462. The van der Waals surface area contributed by atoms with Crippen LogP contribution in [0.4, 0.5) is 0 Å². The lowest BCUT2D eigenvalue weighted by Gasteiger charge is -2.13. The number of aliphatic hydroxyl groups excluding tert-OH is 1. The maximum Gasteiger partial charge on any atom is 0.163 e. The highest BCUT2D eigenvalue weighted by Crippen LogP contribution is 2.28. The maximum absolute atomic E-state index is 10.3. The summed E-state index contributed by atoms with van der Waals surface area (Å²) in [4.78, 5) is 7.77. The highest BCUT2D eigenvalue weighted by Gasteiger charge is 2.21. The zero-order valence-corrected chi connectivity index (χ0v) is 9.74. The van der Waals surface area contributed by atoms with Crippen LogP contribution in [0.25, 0.3) is 0 Å². The molecule has 6 heteroatoms. The Morgan fingerprint density at radius 3 is 2.65 bits per heavy atom. The number of hydrogen-bond acceptors (Lipinski definition) is 5. The molecule has 0 saturated heterocycles. The van der Waals surface area contributed by atoms with Gasteiger partial charge in [0.25, 0.3) is 0 Å². The Hall–Kier alpha value is -1.95. The van der Waals surface area contributed by atoms with Crippen LogP contribution in [0.1, 0.15) is 24.3 Å². The van der Waals surface area contributed by atoms with Crippen LogP contribution in [0.5, 0.6) is 5.75 Å². The number of aryl methyl sites for hydroxylation is 1. The largest absolute Gasteiger partial charge is 0.493 e. The minimum absolute atomic E-state index is 0.559. The smallest absolute Gasteiger partial charge is 0.163 e. The van der Waals surface area contributed by atoms with Crippen LogP contribution in [0.2, 0.25) is 0 Å². The third-order valence-corrected chi connectivity index (χ3v) is 2.52. The Balaban J connectivity index is 2.42. The molecule has 0 aromatic carbocycles. The Morgan fingerprint density at radius 2 is 2.06 bits per heavy atom. The lowest BCUT2D eigenvalue weighted by Crippen LogP contribution is -2.10. The van der Waals surface area contributed by atoms with Gasteiger partial charge < -0.3 is 9.84 Å². The van der Waals surface area contributed by atoms with E-state index < -0.39 is 6.10 Å². The van der Waals surface area contributed by atoms with E-state index in [4.69, 9.17) is 4.74 Å². The quantitative estimate of drug-likeness (QED) is 0.846. The highest BCUT2D eigenvalue weighted by molar-refractivity contribution is 5.32. The third-order valence-electron chi connectivity index (χ3n) is 2.52. The van der Waals surface area contributed by atoms with E-state index in [0.717, 1.165) is 0 Å². The van der Waals surface area contributed by atoms with Gasteiger partial charge >= 0.3 is 0 Å². The number of methoxy groups -OCH3 is 1. The first-order valence-electron chi connectivity index (χ1n) is 5.30. The highest BCUT2D eigenvalue weighted by atomic mass is 16.5. The first-order valence-corrected chi connectivity index (χ1v) is 5.30. The summed E-state index contributed by atoms with van der Waals surface area (Å²) in [5.74, 6) is 0.559. The molecule has 0 fully saturated rings. The number of nitrogens with zero attached hydrogens (tertiary/aromatic N) is 4. The normalized spacial score (nSPS) is 12.4. The predicted molar refractivity (Wildman–Crippen MR) is 60.5 cm³/mol. The molecule has 17 heavy (non-hydrogen) atoms.